The number of rotatable bonds is 1. The van der Waals surface area contributed by atoms with Crippen LogP contribution in [0, 0.1) is 0 Å². The van der Waals surface area contributed by atoms with Crippen molar-refractivity contribution in [2.45, 2.75) is 38.6 Å². The molecule has 14 heavy (non-hydrogen) atoms. The van der Waals surface area contributed by atoms with Crippen LogP contribution in [0.25, 0.3) is 0 Å². The van der Waals surface area contributed by atoms with E-state index in [0.717, 1.165) is 11.9 Å². The normalized spacial score (nSPS) is 20.0. The van der Waals surface area contributed by atoms with Crippen LogP contribution in [0.1, 0.15) is 38.0 Å². The number of hydrogen-bond acceptors (Lipinski definition) is 1. The molecule has 0 saturated carbocycles. The maximum Gasteiger partial charge on any atom is 0.152 e. The van der Waals surface area contributed by atoms with Crippen LogP contribution in [0.3, 0.4) is 0 Å². The van der Waals surface area contributed by atoms with Gasteiger partial charge in [0, 0.05) is 0 Å². The van der Waals surface area contributed by atoms with Crippen LogP contribution < -0.4 is 5.46 Å². The van der Waals surface area contributed by atoms with Crippen molar-refractivity contribution in [2.24, 2.45) is 0 Å². The zero-order chi connectivity index (χ0) is 10.3. The van der Waals surface area contributed by atoms with Crippen LogP contribution >= 0.6 is 0 Å². The molecule has 0 aromatic heterocycles. The number of aliphatic hydroxyl groups excluding tert-OH is 1. The second-order valence-electron chi connectivity index (χ2n) is 4.81. The molecule has 1 heterocycles. The Morgan fingerprint density at radius 1 is 1.43 bits per heavy atom. The van der Waals surface area contributed by atoms with Gasteiger partial charge in [-0.2, -0.15) is 0 Å². The van der Waals surface area contributed by atoms with Crippen molar-refractivity contribution in [3.05, 3.63) is 29.3 Å². The Balaban J connectivity index is 2.48. The summed E-state index contributed by atoms with van der Waals surface area (Å²) in [6.45, 7) is 6.32. The first kappa shape index (κ1) is 9.79. The van der Waals surface area contributed by atoms with Crippen molar-refractivity contribution >= 4 is 12.7 Å². The highest BCUT2D eigenvalue weighted by atomic mass is 16.3. The molecule has 0 amide bonds. The van der Waals surface area contributed by atoms with Gasteiger partial charge in [0.15, 0.2) is 7.28 Å². The van der Waals surface area contributed by atoms with Crippen LogP contribution in [0.2, 0.25) is 6.32 Å². The average molecular weight is 187 g/mol. The Labute approximate surface area is 86.4 Å². The second kappa shape index (κ2) is 3.13. The predicted molar refractivity (Wildman–Crippen MR) is 60.3 cm³/mol. The van der Waals surface area contributed by atoms with E-state index in [1.165, 1.54) is 11.0 Å². The minimum absolute atomic E-state index is 0.236. The van der Waals surface area contributed by atoms with Gasteiger partial charge in [0.1, 0.15) is 0 Å². The highest BCUT2D eigenvalue weighted by molar-refractivity contribution is 6.56. The first-order valence-corrected chi connectivity index (χ1v) is 5.16. The Morgan fingerprint density at radius 2 is 2.14 bits per heavy atom. The van der Waals surface area contributed by atoms with Crippen LogP contribution in [0.15, 0.2) is 18.2 Å². The second-order valence-corrected chi connectivity index (χ2v) is 4.81. The molecular formula is C12H16BO. The fraction of sp³-hybridized carbons (Fsp3) is 0.500. The lowest BCUT2D eigenvalue weighted by atomic mass is 9.69. The molecule has 0 spiro atoms. The van der Waals surface area contributed by atoms with Gasteiger partial charge in [-0.25, -0.2) is 0 Å². The molecule has 1 radical (unpaired) electrons. The third kappa shape index (κ3) is 1.48. The zero-order valence-electron chi connectivity index (χ0n) is 9.04. The Bertz CT molecular complexity index is 355. The van der Waals surface area contributed by atoms with E-state index in [9.17, 15) is 5.11 Å². The van der Waals surface area contributed by atoms with Gasteiger partial charge in [-0.15, -0.1) is 0 Å². The Hall–Kier alpha value is -0.755. The summed E-state index contributed by atoms with van der Waals surface area (Å²) >= 11 is 0. The highest BCUT2D eigenvalue weighted by Gasteiger charge is 2.30. The molecule has 1 atom stereocenters. The minimum Gasteiger partial charge on any atom is -0.389 e. The number of fused-ring (bicyclic) bond motifs is 1. The molecule has 1 nitrogen and oxygen atoms in total. The fourth-order valence-corrected chi connectivity index (χ4v) is 2.07. The maximum atomic E-state index is 9.51. The van der Waals surface area contributed by atoms with E-state index >= 15 is 0 Å². The minimum atomic E-state index is -0.364. The molecule has 1 unspecified atom stereocenters. The lowest BCUT2D eigenvalue weighted by Gasteiger charge is -2.20. The van der Waals surface area contributed by atoms with Crippen molar-refractivity contribution < 1.29 is 5.11 Å². The van der Waals surface area contributed by atoms with E-state index in [2.05, 4.69) is 33.3 Å². The van der Waals surface area contributed by atoms with Gasteiger partial charge < -0.3 is 5.11 Å². The molecular weight excluding hydrogens is 171 g/mol. The number of hydrogen-bond donors (Lipinski definition) is 1. The van der Waals surface area contributed by atoms with Gasteiger partial charge in [-0.1, -0.05) is 43.8 Å². The third-order valence-corrected chi connectivity index (χ3v) is 3.12. The Morgan fingerprint density at radius 3 is 2.79 bits per heavy atom. The standard InChI is InChI=1S/C12H16BO/c1-8(14)9-4-5-11-10(6-9)12(2,3)7-13-11/h4-6,8,14H,7H2,1-3H3. The van der Waals surface area contributed by atoms with Crippen LogP contribution in [0.4, 0.5) is 0 Å². The first-order valence-electron chi connectivity index (χ1n) is 5.16. The molecule has 2 rings (SSSR count). The largest absolute Gasteiger partial charge is 0.389 e. The SMILES string of the molecule is CC(O)c1ccc2c(c1)C(C)(C)C[B]2. The average Bonchev–Trinajstić information content (AvgIpc) is 2.42. The molecule has 0 saturated heterocycles. The molecule has 1 N–H and O–H groups in total. The van der Waals surface area contributed by atoms with E-state index in [1.807, 2.05) is 13.0 Å². The highest BCUT2D eigenvalue weighted by Crippen LogP contribution is 2.32. The van der Waals surface area contributed by atoms with Gasteiger partial charge in [0.05, 0.1) is 6.10 Å². The number of aliphatic hydroxyl groups is 1. The molecule has 0 bridgehead atoms. The molecule has 1 aromatic rings. The van der Waals surface area contributed by atoms with Crippen LogP contribution in [-0.4, -0.2) is 12.4 Å². The van der Waals surface area contributed by atoms with Gasteiger partial charge in [-0.05, 0) is 23.5 Å². The molecule has 0 fully saturated rings. The summed E-state index contributed by atoms with van der Waals surface area (Å²) in [5.74, 6) is 0. The first-order chi connectivity index (χ1) is 6.50. The lowest BCUT2D eigenvalue weighted by molar-refractivity contribution is 0.199. The van der Waals surface area contributed by atoms with Crippen molar-refractivity contribution in [1.82, 2.24) is 0 Å². The fourth-order valence-electron chi connectivity index (χ4n) is 2.07. The van der Waals surface area contributed by atoms with E-state index in [4.69, 9.17) is 0 Å². The predicted octanol–water partition coefficient (Wildman–Crippen LogP) is 1.78. The Kier molecular flexibility index (Phi) is 2.19. The topological polar surface area (TPSA) is 20.2 Å². The zero-order valence-corrected chi connectivity index (χ0v) is 9.04. The summed E-state index contributed by atoms with van der Waals surface area (Å²) in [5, 5.41) is 9.51. The molecule has 1 aliphatic rings. The summed E-state index contributed by atoms with van der Waals surface area (Å²) in [5.41, 5.74) is 3.96. The van der Waals surface area contributed by atoms with Crippen molar-refractivity contribution in [3.63, 3.8) is 0 Å². The molecule has 73 valence electrons. The van der Waals surface area contributed by atoms with Crippen molar-refractivity contribution in [1.29, 1.82) is 0 Å². The molecule has 1 aromatic carbocycles. The summed E-state index contributed by atoms with van der Waals surface area (Å²) in [7, 11) is 2.28. The van der Waals surface area contributed by atoms with E-state index < -0.39 is 0 Å². The van der Waals surface area contributed by atoms with Crippen molar-refractivity contribution in [2.75, 3.05) is 0 Å². The summed E-state index contributed by atoms with van der Waals surface area (Å²) < 4.78 is 0. The van der Waals surface area contributed by atoms with Gasteiger partial charge >= 0.3 is 0 Å². The van der Waals surface area contributed by atoms with E-state index in [-0.39, 0.29) is 11.5 Å². The number of benzene rings is 1. The lowest BCUT2D eigenvalue weighted by Crippen LogP contribution is -2.16. The molecule has 1 aliphatic heterocycles. The van der Waals surface area contributed by atoms with Crippen LogP contribution in [0.5, 0.6) is 0 Å². The monoisotopic (exact) mass is 187 g/mol. The maximum absolute atomic E-state index is 9.51. The van der Waals surface area contributed by atoms with Gasteiger partial charge in [-0.3, -0.25) is 0 Å². The molecule has 0 aliphatic carbocycles. The van der Waals surface area contributed by atoms with E-state index in [1.54, 1.807) is 0 Å². The van der Waals surface area contributed by atoms with Crippen LogP contribution in [-0.2, 0) is 5.41 Å². The quantitative estimate of drug-likeness (QED) is 0.664. The van der Waals surface area contributed by atoms with E-state index in [0.29, 0.717) is 0 Å². The smallest absolute Gasteiger partial charge is 0.152 e. The molecule has 2 heteroatoms. The van der Waals surface area contributed by atoms with Gasteiger partial charge in [0.2, 0.25) is 0 Å². The summed E-state index contributed by atoms with van der Waals surface area (Å²) in [6.07, 6.45) is 0.739. The summed E-state index contributed by atoms with van der Waals surface area (Å²) in [6, 6.07) is 6.27. The third-order valence-electron chi connectivity index (χ3n) is 3.12. The summed E-state index contributed by atoms with van der Waals surface area (Å²) in [4.78, 5) is 0. The van der Waals surface area contributed by atoms with Gasteiger partial charge in [0.25, 0.3) is 0 Å². The van der Waals surface area contributed by atoms with Crippen molar-refractivity contribution in [3.8, 4) is 0 Å².